The van der Waals surface area contributed by atoms with Gasteiger partial charge < -0.3 is 20.9 Å². The summed E-state index contributed by atoms with van der Waals surface area (Å²) in [6.45, 7) is 29.5. The highest BCUT2D eigenvalue weighted by atomic mass is 35.5. The van der Waals surface area contributed by atoms with Gasteiger partial charge in [0.05, 0.1) is 80.4 Å². The summed E-state index contributed by atoms with van der Waals surface area (Å²) < 4.78 is 47.4. The van der Waals surface area contributed by atoms with Crippen LogP contribution >= 0.6 is 11.6 Å². The highest BCUT2D eigenvalue weighted by Crippen LogP contribution is 2.39. The summed E-state index contributed by atoms with van der Waals surface area (Å²) in [4.78, 5) is 64.1. The van der Waals surface area contributed by atoms with Gasteiger partial charge in [-0.1, -0.05) is 48.5 Å². The number of nitrogens with zero attached hydrogens (tertiary/aromatic N) is 10. The molecule has 6 aromatic heterocycles. The highest BCUT2D eigenvalue weighted by molar-refractivity contribution is 7.91. The molecule has 0 aliphatic carbocycles. The van der Waals surface area contributed by atoms with E-state index in [0.29, 0.717) is 64.8 Å². The first kappa shape index (κ1) is 62.5. The van der Waals surface area contributed by atoms with Gasteiger partial charge in [-0.25, -0.2) is 36.8 Å². The Balaban J connectivity index is 0.000000224. The zero-order valence-corrected chi connectivity index (χ0v) is 49.5. The smallest absolute Gasteiger partial charge is 0.253 e. The Hall–Kier alpha value is -6.39. The number of aromatic nitrogens is 8. The molecule has 420 valence electrons. The molecule has 2 aliphatic rings. The van der Waals surface area contributed by atoms with E-state index < -0.39 is 19.7 Å². The van der Waals surface area contributed by atoms with Crippen molar-refractivity contribution in [2.24, 2.45) is 11.8 Å². The Kier molecular flexibility index (Phi) is 22.8. The first-order valence-corrected chi connectivity index (χ1v) is 30.0. The van der Waals surface area contributed by atoms with Crippen LogP contribution in [0.15, 0.2) is 95.5 Å². The zero-order valence-electron chi connectivity index (χ0n) is 47.1. The zero-order chi connectivity index (χ0) is 57.5. The van der Waals surface area contributed by atoms with E-state index in [2.05, 4.69) is 128 Å². The number of fused-ring (bicyclic) bond motifs is 2. The van der Waals surface area contributed by atoms with Crippen LogP contribution in [0.3, 0.4) is 0 Å². The van der Waals surface area contributed by atoms with Crippen LogP contribution in [0.25, 0.3) is 0 Å². The van der Waals surface area contributed by atoms with E-state index in [1.807, 2.05) is 32.0 Å². The molecular weight excluding hydrogens is 1050 g/mol. The maximum atomic E-state index is 12.8. The first-order chi connectivity index (χ1) is 36.9. The van der Waals surface area contributed by atoms with Gasteiger partial charge in [0.2, 0.25) is 11.2 Å². The van der Waals surface area contributed by atoms with Gasteiger partial charge in [-0.15, -0.1) is 0 Å². The Morgan fingerprint density at radius 1 is 0.654 bits per heavy atom. The van der Waals surface area contributed by atoms with E-state index in [-0.39, 0.29) is 64.2 Å². The molecule has 0 aromatic carbocycles. The molecule has 0 radical (unpaired) electrons. The molecule has 8 heterocycles. The number of nitrogens with one attached hydrogen (secondary N) is 3. The van der Waals surface area contributed by atoms with Crippen molar-refractivity contribution >= 4 is 49.0 Å². The van der Waals surface area contributed by atoms with Crippen LogP contribution in [0.4, 0.5) is 5.95 Å². The molecule has 22 heteroatoms. The summed E-state index contributed by atoms with van der Waals surface area (Å²) >= 11 is 5.42. The molecule has 0 saturated heterocycles. The van der Waals surface area contributed by atoms with Crippen molar-refractivity contribution in [1.82, 2.24) is 60.7 Å². The van der Waals surface area contributed by atoms with Crippen molar-refractivity contribution in [3.05, 3.63) is 147 Å². The van der Waals surface area contributed by atoms with Gasteiger partial charge in [-0.3, -0.25) is 34.4 Å². The number of anilines is 1. The third-order valence-corrected chi connectivity index (χ3v) is 16.6. The second-order valence-electron chi connectivity index (χ2n) is 20.1. The van der Waals surface area contributed by atoms with E-state index in [0.717, 1.165) is 40.4 Å². The van der Waals surface area contributed by atoms with Crippen molar-refractivity contribution in [3.8, 4) is 0 Å². The molecular formula is C56H76ClN13O6S2. The molecule has 0 saturated carbocycles. The number of carbonyl (C=O) groups is 2. The molecule has 0 bridgehead atoms. The number of aryl methyl sites for hydroxylation is 2. The monoisotopic (exact) mass is 1130 g/mol. The minimum Gasteiger partial charge on any atom is -0.346 e. The Morgan fingerprint density at radius 3 is 1.55 bits per heavy atom. The molecule has 0 fully saturated rings. The number of pyridine rings is 4. The van der Waals surface area contributed by atoms with E-state index >= 15 is 0 Å². The van der Waals surface area contributed by atoms with Gasteiger partial charge in [0.15, 0.2) is 19.7 Å². The molecule has 6 aromatic rings. The number of amides is 2. The van der Waals surface area contributed by atoms with Crippen molar-refractivity contribution < 1.29 is 26.4 Å². The molecule has 3 N–H and O–H groups in total. The lowest BCUT2D eigenvalue weighted by Crippen LogP contribution is -2.36. The average Bonchev–Trinajstić information content (AvgIpc) is 4.03. The second kappa shape index (κ2) is 28.5. The Labute approximate surface area is 466 Å². The standard InChI is InChI=1S/C24H28N6O3S.C19H24N4O3S.C8H19N.C5H5ClN2/c1-5-34(32,33)20-7-6-19(26-13-20)12-28-23(31)17-10-18-14-30(24-25-9-8-16(4)29-24)22(15(2)3)21(18)27-11-17;1-4-27(25,26)16-6-5-15(20-11-16)10-23-19(24)14-7-13-8-21-17(12(2)3)18(13)22-9-14;1-6-9(7(2)3)8(4)5;1-4-2-3-7-5(6)8-4/h6-11,13,15,22H,5,12,14H2,1-4H3,(H,28,31);5-7,9,11-12,17,21H,4,8,10H2,1-3H3,(H,23,24);7-8H,6H2,1-5H3;2-3H,1H3/t22-;17-;;/m00../s1. The summed E-state index contributed by atoms with van der Waals surface area (Å²) in [6.07, 6.45) is 9.23. The Morgan fingerprint density at radius 2 is 1.15 bits per heavy atom. The van der Waals surface area contributed by atoms with Crippen LogP contribution in [0.2, 0.25) is 5.28 Å². The SMILES string of the molecule is CCN(C(C)C)C(C)C.CCS(=O)(=O)c1ccc(CNC(=O)c2cnc3c(c2)CN(c2nccc(C)n2)[C@H]3C(C)C)nc1.CCS(=O)(=O)c1ccc(CNC(=O)c2cnc3c(c2)CN[C@H]3C(C)C)nc1.Cc1ccnc(Cl)n1. The van der Waals surface area contributed by atoms with Gasteiger partial charge in [0.25, 0.3) is 11.8 Å². The van der Waals surface area contributed by atoms with Crippen LogP contribution in [0.5, 0.6) is 0 Å². The third-order valence-electron chi connectivity index (χ3n) is 13.0. The molecule has 0 unspecified atom stereocenters. The summed E-state index contributed by atoms with van der Waals surface area (Å²) in [5.41, 5.74) is 7.88. The maximum absolute atomic E-state index is 12.8. The number of sulfone groups is 2. The normalized spacial score (nSPS) is 14.7. The molecule has 2 atom stereocenters. The lowest BCUT2D eigenvalue weighted by molar-refractivity contribution is 0.0942. The van der Waals surface area contributed by atoms with Gasteiger partial charge >= 0.3 is 0 Å². The van der Waals surface area contributed by atoms with Crippen LogP contribution in [0, 0.1) is 25.7 Å². The highest BCUT2D eigenvalue weighted by Gasteiger charge is 2.36. The predicted octanol–water partition coefficient (Wildman–Crippen LogP) is 8.58. The first-order valence-electron chi connectivity index (χ1n) is 26.3. The summed E-state index contributed by atoms with van der Waals surface area (Å²) in [7, 11) is -6.57. The fraction of sp³-hybridized carbons (Fsp3) is 0.464. The van der Waals surface area contributed by atoms with Gasteiger partial charge in [-0.05, 0) is 131 Å². The van der Waals surface area contributed by atoms with Crippen molar-refractivity contribution in [2.45, 2.75) is 150 Å². The van der Waals surface area contributed by atoms with Crippen molar-refractivity contribution in [1.29, 1.82) is 0 Å². The van der Waals surface area contributed by atoms with Crippen molar-refractivity contribution in [2.75, 3.05) is 23.0 Å². The van der Waals surface area contributed by atoms with Crippen LogP contribution in [0.1, 0.15) is 154 Å². The number of hydrogen-bond donors (Lipinski definition) is 3. The predicted molar refractivity (Wildman–Crippen MR) is 304 cm³/mol. The molecule has 2 amide bonds. The summed E-state index contributed by atoms with van der Waals surface area (Å²) in [5, 5.41) is 9.36. The van der Waals surface area contributed by atoms with Crippen LogP contribution in [-0.2, 0) is 45.9 Å². The topological polar surface area (TPSA) is 248 Å². The fourth-order valence-electron chi connectivity index (χ4n) is 8.87. The molecule has 2 aliphatic heterocycles. The van der Waals surface area contributed by atoms with Gasteiger partial charge in [0, 0.05) is 73.7 Å². The van der Waals surface area contributed by atoms with Gasteiger partial charge in [-0.2, -0.15) is 0 Å². The minimum absolute atomic E-state index is 0.0151. The number of carbonyl (C=O) groups excluding carboxylic acids is 2. The lowest BCUT2D eigenvalue weighted by atomic mass is 9.99. The van der Waals surface area contributed by atoms with E-state index in [1.54, 1.807) is 56.8 Å². The van der Waals surface area contributed by atoms with E-state index in [9.17, 15) is 26.4 Å². The average molecular weight is 1130 g/mol. The van der Waals surface area contributed by atoms with E-state index in [1.165, 1.54) is 24.5 Å². The Bertz CT molecular complexity index is 3160. The number of halogens is 1. The molecule has 0 spiro atoms. The lowest BCUT2D eigenvalue weighted by Gasteiger charge is -2.28. The number of rotatable bonds is 16. The number of hydrogen-bond acceptors (Lipinski definition) is 17. The molecule has 8 rings (SSSR count). The largest absolute Gasteiger partial charge is 0.346 e. The fourth-order valence-corrected chi connectivity index (χ4v) is 10.7. The minimum atomic E-state index is -3.30. The molecule has 19 nitrogen and oxygen atoms in total. The third kappa shape index (κ3) is 17.1. The quantitative estimate of drug-likeness (QED) is 0.0768. The second-order valence-corrected chi connectivity index (χ2v) is 25.0. The molecule has 78 heavy (non-hydrogen) atoms. The van der Waals surface area contributed by atoms with Gasteiger partial charge in [0.1, 0.15) is 0 Å². The summed E-state index contributed by atoms with van der Waals surface area (Å²) in [5.74, 6) is 0.914. The summed E-state index contributed by atoms with van der Waals surface area (Å²) in [6, 6.07) is 15.3. The van der Waals surface area contributed by atoms with Crippen LogP contribution < -0.4 is 20.9 Å². The maximum Gasteiger partial charge on any atom is 0.253 e. The van der Waals surface area contributed by atoms with E-state index in [4.69, 9.17) is 11.6 Å². The van der Waals surface area contributed by atoms with Crippen molar-refractivity contribution in [3.63, 3.8) is 0 Å². The van der Waals surface area contributed by atoms with Crippen LogP contribution in [-0.4, -0.2) is 104 Å².